The highest BCUT2D eigenvalue weighted by atomic mass is 35.5. The van der Waals surface area contributed by atoms with Crippen molar-refractivity contribution in [2.24, 2.45) is 0 Å². The molecule has 1 aromatic carbocycles. The maximum atomic E-state index is 6.16. The smallest absolute Gasteiger partial charge is 0.0732 e. The quantitative estimate of drug-likeness (QED) is 0.872. The van der Waals surface area contributed by atoms with Crippen LogP contribution in [0.1, 0.15) is 18.4 Å². The molecule has 16 heavy (non-hydrogen) atoms. The van der Waals surface area contributed by atoms with Crippen LogP contribution < -0.4 is 5.32 Å². The lowest BCUT2D eigenvalue weighted by Crippen LogP contribution is -2.39. The van der Waals surface area contributed by atoms with Crippen molar-refractivity contribution >= 4 is 11.6 Å². The molecule has 1 aliphatic heterocycles. The fourth-order valence-corrected chi connectivity index (χ4v) is 2.45. The van der Waals surface area contributed by atoms with Crippen LogP contribution >= 0.6 is 11.6 Å². The molecule has 1 saturated heterocycles. The van der Waals surface area contributed by atoms with Gasteiger partial charge >= 0.3 is 0 Å². The van der Waals surface area contributed by atoms with Crippen LogP contribution in [0.5, 0.6) is 0 Å². The molecule has 2 nitrogen and oxygen atoms in total. The fraction of sp³-hybridized carbons (Fsp3) is 0.538. The highest BCUT2D eigenvalue weighted by Gasteiger charge is 2.25. The predicted octanol–water partition coefficient (Wildman–Crippen LogP) is 2.65. The van der Waals surface area contributed by atoms with E-state index in [4.69, 9.17) is 16.3 Å². The summed E-state index contributed by atoms with van der Waals surface area (Å²) in [7, 11) is 1.99. The first-order valence-corrected chi connectivity index (χ1v) is 6.21. The number of likely N-dealkylation sites (N-methyl/N-ethyl adjacent to an activating group) is 1. The summed E-state index contributed by atoms with van der Waals surface area (Å²) < 4.78 is 5.71. The van der Waals surface area contributed by atoms with Gasteiger partial charge in [0.25, 0.3) is 0 Å². The molecule has 0 radical (unpaired) electrons. The molecule has 1 fully saturated rings. The van der Waals surface area contributed by atoms with E-state index in [0.717, 1.165) is 24.5 Å². The van der Waals surface area contributed by atoms with E-state index in [1.165, 1.54) is 12.0 Å². The van der Waals surface area contributed by atoms with Gasteiger partial charge in [-0.25, -0.2) is 0 Å². The molecule has 1 N–H and O–H groups in total. The molecule has 2 atom stereocenters. The first-order valence-electron chi connectivity index (χ1n) is 5.83. The molecule has 0 bridgehead atoms. The van der Waals surface area contributed by atoms with E-state index >= 15 is 0 Å². The zero-order chi connectivity index (χ0) is 11.4. The molecule has 0 aromatic heterocycles. The van der Waals surface area contributed by atoms with Crippen LogP contribution in [0.3, 0.4) is 0 Å². The van der Waals surface area contributed by atoms with Crippen LogP contribution in [0.2, 0.25) is 5.02 Å². The van der Waals surface area contributed by atoms with Gasteiger partial charge in [0.2, 0.25) is 0 Å². The van der Waals surface area contributed by atoms with Crippen LogP contribution in [0.25, 0.3) is 0 Å². The van der Waals surface area contributed by atoms with Crippen molar-refractivity contribution in [1.82, 2.24) is 5.32 Å². The standard InChI is InChI=1S/C13H18ClNO/c1-15-12(13-7-4-8-16-13)9-10-5-2-3-6-11(10)14/h2-3,5-6,12-13,15H,4,7-9H2,1H3/t12-,13+/m0/s1. The average Bonchev–Trinajstić information content (AvgIpc) is 2.81. The number of nitrogens with one attached hydrogen (secondary N) is 1. The Morgan fingerprint density at radius 2 is 2.31 bits per heavy atom. The Labute approximate surface area is 102 Å². The molecule has 0 spiro atoms. The molecule has 0 aliphatic carbocycles. The van der Waals surface area contributed by atoms with E-state index in [1.54, 1.807) is 0 Å². The third-order valence-corrected chi connectivity index (χ3v) is 3.55. The van der Waals surface area contributed by atoms with Crippen molar-refractivity contribution in [2.75, 3.05) is 13.7 Å². The number of hydrogen-bond acceptors (Lipinski definition) is 2. The number of benzene rings is 1. The molecule has 88 valence electrons. The monoisotopic (exact) mass is 239 g/mol. The van der Waals surface area contributed by atoms with Gasteiger partial charge in [0.1, 0.15) is 0 Å². The normalized spacial score (nSPS) is 22.2. The molecule has 2 rings (SSSR count). The summed E-state index contributed by atoms with van der Waals surface area (Å²) in [6, 6.07) is 8.39. The van der Waals surface area contributed by atoms with Crippen LogP contribution in [-0.4, -0.2) is 25.8 Å². The molecular formula is C13H18ClNO. The van der Waals surface area contributed by atoms with Gasteiger partial charge in [-0.3, -0.25) is 0 Å². The highest BCUT2D eigenvalue weighted by Crippen LogP contribution is 2.22. The molecule has 1 aromatic rings. The molecule has 1 aliphatic rings. The largest absolute Gasteiger partial charge is 0.377 e. The summed E-state index contributed by atoms with van der Waals surface area (Å²) in [6.07, 6.45) is 3.59. The number of rotatable bonds is 4. The number of halogens is 1. The first kappa shape index (κ1) is 11.9. The van der Waals surface area contributed by atoms with Gasteiger partial charge < -0.3 is 10.1 Å². The van der Waals surface area contributed by atoms with Crippen molar-refractivity contribution in [3.8, 4) is 0 Å². The van der Waals surface area contributed by atoms with Gasteiger partial charge in [-0.15, -0.1) is 0 Å². The van der Waals surface area contributed by atoms with E-state index in [0.29, 0.717) is 12.1 Å². The van der Waals surface area contributed by atoms with Gasteiger partial charge in [0, 0.05) is 17.7 Å². The third-order valence-electron chi connectivity index (χ3n) is 3.18. The SMILES string of the molecule is CN[C@@H](Cc1ccccc1Cl)[C@H]1CCCO1. The Bertz CT molecular complexity index is 336. The van der Waals surface area contributed by atoms with E-state index in [1.807, 2.05) is 25.2 Å². The minimum Gasteiger partial charge on any atom is -0.377 e. The van der Waals surface area contributed by atoms with Crippen molar-refractivity contribution in [3.05, 3.63) is 34.9 Å². The Kier molecular flexibility index (Phi) is 4.22. The third kappa shape index (κ3) is 2.76. The van der Waals surface area contributed by atoms with Gasteiger partial charge in [-0.2, -0.15) is 0 Å². The van der Waals surface area contributed by atoms with Crippen molar-refractivity contribution in [1.29, 1.82) is 0 Å². The fourth-order valence-electron chi connectivity index (χ4n) is 2.24. The number of ether oxygens (including phenoxy) is 1. The summed E-state index contributed by atoms with van der Waals surface area (Å²) in [4.78, 5) is 0. The molecule has 0 amide bonds. The Morgan fingerprint density at radius 1 is 1.50 bits per heavy atom. The maximum absolute atomic E-state index is 6.16. The van der Waals surface area contributed by atoms with Gasteiger partial charge in [-0.05, 0) is 37.9 Å². The van der Waals surface area contributed by atoms with E-state index in [-0.39, 0.29) is 0 Å². The van der Waals surface area contributed by atoms with Gasteiger partial charge in [0.15, 0.2) is 0 Å². The van der Waals surface area contributed by atoms with E-state index in [9.17, 15) is 0 Å². The summed E-state index contributed by atoms with van der Waals surface area (Å²) in [5.74, 6) is 0. The topological polar surface area (TPSA) is 21.3 Å². The second-order valence-electron chi connectivity index (χ2n) is 4.24. The summed E-state index contributed by atoms with van der Waals surface area (Å²) >= 11 is 6.16. The first-order chi connectivity index (χ1) is 7.81. The Balaban J connectivity index is 2.03. The number of hydrogen-bond donors (Lipinski definition) is 1. The second kappa shape index (κ2) is 5.67. The lowest BCUT2D eigenvalue weighted by Gasteiger charge is -2.22. The second-order valence-corrected chi connectivity index (χ2v) is 4.65. The molecule has 1 heterocycles. The molecule has 3 heteroatoms. The zero-order valence-corrected chi connectivity index (χ0v) is 10.3. The van der Waals surface area contributed by atoms with Gasteiger partial charge in [0.05, 0.1) is 6.10 Å². The van der Waals surface area contributed by atoms with Crippen LogP contribution in [0, 0.1) is 0 Å². The van der Waals surface area contributed by atoms with Gasteiger partial charge in [-0.1, -0.05) is 29.8 Å². The Morgan fingerprint density at radius 3 is 2.94 bits per heavy atom. The van der Waals surface area contributed by atoms with E-state index in [2.05, 4.69) is 11.4 Å². The van der Waals surface area contributed by atoms with Crippen molar-refractivity contribution < 1.29 is 4.74 Å². The summed E-state index contributed by atoms with van der Waals surface area (Å²) in [5.41, 5.74) is 1.19. The maximum Gasteiger partial charge on any atom is 0.0732 e. The predicted molar refractivity (Wildman–Crippen MR) is 67.0 cm³/mol. The lowest BCUT2D eigenvalue weighted by atomic mass is 9.99. The molecule has 0 unspecified atom stereocenters. The lowest BCUT2D eigenvalue weighted by molar-refractivity contribution is 0.0808. The zero-order valence-electron chi connectivity index (χ0n) is 9.58. The minimum atomic E-state index is 0.335. The van der Waals surface area contributed by atoms with E-state index < -0.39 is 0 Å². The van der Waals surface area contributed by atoms with Crippen LogP contribution in [0.15, 0.2) is 24.3 Å². The van der Waals surface area contributed by atoms with Crippen LogP contribution in [-0.2, 0) is 11.2 Å². The van der Waals surface area contributed by atoms with Crippen molar-refractivity contribution in [2.45, 2.75) is 31.4 Å². The minimum absolute atomic E-state index is 0.335. The average molecular weight is 240 g/mol. The molecule has 0 saturated carbocycles. The highest BCUT2D eigenvalue weighted by molar-refractivity contribution is 6.31. The van der Waals surface area contributed by atoms with Crippen molar-refractivity contribution in [3.63, 3.8) is 0 Å². The van der Waals surface area contributed by atoms with Crippen LogP contribution in [0.4, 0.5) is 0 Å². The molecular weight excluding hydrogens is 222 g/mol. The Hall–Kier alpha value is -0.570. The summed E-state index contributed by atoms with van der Waals surface area (Å²) in [6.45, 7) is 0.894. The summed E-state index contributed by atoms with van der Waals surface area (Å²) in [5, 5.41) is 4.18.